The van der Waals surface area contributed by atoms with Crippen molar-refractivity contribution >= 4 is 12.3 Å². The van der Waals surface area contributed by atoms with E-state index >= 15 is 0 Å². The van der Waals surface area contributed by atoms with E-state index in [4.69, 9.17) is 18.9 Å². The molecule has 6 nitrogen and oxygen atoms in total. The number of carbonyl (C=O) groups excluding carboxylic acids is 2. The molecule has 0 amide bonds. The second-order valence-corrected chi connectivity index (χ2v) is 8.76. The van der Waals surface area contributed by atoms with Crippen LogP contribution in [0.4, 0.5) is 9.59 Å². The van der Waals surface area contributed by atoms with Crippen LogP contribution < -0.4 is 0 Å². The summed E-state index contributed by atoms with van der Waals surface area (Å²) in [5.74, 6) is 0.738. The lowest BCUT2D eigenvalue weighted by Crippen LogP contribution is -2.39. The second kappa shape index (κ2) is 12.1. The van der Waals surface area contributed by atoms with Crippen LogP contribution >= 0.6 is 0 Å². The molecule has 0 bridgehead atoms. The molecule has 1 aliphatic rings. The minimum absolute atomic E-state index is 0.366. The zero-order chi connectivity index (χ0) is 20.3. The van der Waals surface area contributed by atoms with Crippen LogP contribution in [0, 0.1) is 5.92 Å². The van der Waals surface area contributed by atoms with E-state index in [9.17, 15) is 9.59 Å². The zero-order valence-electron chi connectivity index (χ0n) is 17.8. The van der Waals surface area contributed by atoms with Crippen molar-refractivity contribution in [3.05, 3.63) is 0 Å². The molecule has 2 unspecified atom stereocenters. The molecule has 1 saturated carbocycles. The summed E-state index contributed by atoms with van der Waals surface area (Å²) in [6.07, 6.45) is 6.35. The summed E-state index contributed by atoms with van der Waals surface area (Å²) in [6, 6.07) is 0. The van der Waals surface area contributed by atoms with Gasteiger partial charge in [-0.05, 0) is 58.8 Å². The summed E-state index contributed by atoms with van der Waals surface area (Å²) in [6.45, 7) is 10.2. The molecule has 0 N–H and O–H groups in total. The van der Waals surface area contributed by atoms with Gasteiger partial charge in [0.25, 0.3) is 0 Å². The van der Waals surface area contributed by atoms with Crippen LogP contribution in [0.1, 0.15) is 92.4 Å². The van der Waals surface area contributed by atoms with Gasteiger partial charge < -0.3 is 18.9 Å². The molecule has 0 spiro atoms. The second-order valence-electron chi connectivity index (χ2n) is 8.76. The predicted octanol–water partition coefficient (Wildman–Crippen LogP) is 6.01. The highest BCUT2D eigenvalue weighted by molar-refractivity contribution is 5.61. The summed E-state index contributed by atoms with van der Waals surface area (Å²) in [4.78, 5) is 23.8. The Morgan fingerprint density at radius 2 is 1.44 bits per heavy atom. The molecule has 0 saturated heterocycles. The Kier molecular flexibility index (Phi) is 10.6. The van der Waals surface area contributed by atoms with Crippen molar-refractivity contribution in [1.82, 2.24) is 0 Å². The molecule has 0 aromatic heterocycles. The first-order valence-electron chi connectivity index (χ1n) is 10.4. The van der Waals surface area contributed by atoms with Crippen LogP contribution in [-0.2, 0) is 18.9 Å². The molecule has 1 rings (SSSR count). The molecule has 0 aromatic carbocycles. The van der Waals surface area contributed by atoms with Gasteiger partial charge in [-0.3, -0.25) is 0 Å². The van der Waals surface area contributed by atoms with Crippen molar-refractivity contribution in [2.75, 3.05) is 6.61 Å². The molecule has 1 fully saturated rings. The van der Waals surface area contributed by atoms with Crippen LogP contribution in [0.2, 0.25) is 0 Å². The van der Waals surface area contributed by atoms with Crippen molar-refractivity contribution in [2.45, 2.75) is 110 Å². The van der Waals surface area contributed by atoms with Crippen molar-refractivity contribution in [2.24, 2.45) is 5.92 Å². The number of carbonyl (C=O) groups is 2. The third kappa shape index (κ3) is 11.8. The van der Waals surface area contributed by atoms with Gasteiger partial charge in [0.2, 0.25) is 0 Å². The fraction of sp³-hybridized carbons (Fsp3) is 0.905. The molecule has 1 aliphatic carbocycles. The van der Waals surface area contributed by atoms with Gasteiger partial charge >= 0.3 is 12.3 Å². The molecule has 27 heavy (non-hydrogen) atoms. The summed E-state index contributed by atoms with van der Waals surface area (Å²) in [7, 11) is 0. The minimum atomic E-state index is -0.724. The lowest BCUT2D eigenvalue weighted by molar-refractivity contribution is -0.0854. The van der Waals surface area contributed by atoms with Gasteiger partial charge in [0, 0.05) is 0 Å². The maximum Gasteiger partial charge on any atom is 0.509 e. The number of rotatable bonds is 9. The van der Waals surface area contributed by atoms with Gasteiger partial charge in [0.05, 0.1) is 6.61 Å². The topological polar surface area (TPSA) is 71.1 Å². The first-order valence-corrected chi connectivity index (χ1v) is 10.4. The Balaban J connectivity index is 2.26. The average Bonchev–Trinajstić information content (AvgIpc) is 2.53. The van der Waals surface area contributed by atoms with Gasteiger partial charge in [-0.25, -0.2) is 9.59 Å². The highest BCUT2D eigenvalue weighted by atomic mass is 16.8. The summed E-state index contributed by atoms with van der Waals surface area (Å²) in [5, 5.41) is 0. The Bertz CT molecular complexity index is 440. The SMILES string of the molecule is CC(C)CCCCCCOC(=O)OC1CCCCC1OC(=O)OC(C)(C)C. The molecule has 0 radical (unpaired) electrons. The quantitative estimate of drug-likeness (QED) is 0.357. The van der Waals surface area contributed by atoms with E-state index < -0.39 is 30.1 Å². The number of ether oxygens (including phenoxy) is 4. The fourth-order valence-electron chi connectivity index (χ4n) is 3.05. The number of hydrogen-bond donors (Lipinski definition) is 0. The fourth-order valence-corrected chi connectivity index (χ4v) is 3.05. The van der Waals surface area contributed by atoms with Gasteiger partial charge in [0.15, 0.2) is 0 Å². The minimum Gasteiger partial charge on any atom is -0.434 e. The molecule has 158 valence electrons. The van der Waals surface area contributed by atoms with E-state index in [0.29, 0.717) is 19.4 Å². The van der Waals surface area contributed by atoms with Crippen LogP contribution in [0.5, 0.6) is 0 Å². The highest BCUT2D eigenvalue weighted by Gasteiger charge is 2.33. The predicted molar refractivity (Wildman–Crippen MR) is 104 cm³/mol. The van der Waals surface area contributed by atoms with Gasteiger partial charge in [-0.1, -0.05) is 39.5 Å². The Morgan fingerprint density at radius 3 is 2.00 bits per heavy atom. The third-order valence-electron chi connectivity index (χ3n) is 4.42. The maximum atomic E-state index is 11.9. The van der Waals surface area contributed by atoms with Gasteiger partial charge in [-0.15, -0.1) is 0 Å². The van der Waals surface area contributed by atoms with Crippen molar-refractivity contribution in [1.29, 1.82) is 0 Å². The van der Waals surface area contributed by atoms with Crippen molar-refractivity contribution in [3.63, 3.8) is 0 Å². The van der Waals surface area contributed by atoms with E-state index in [0.717, 1.165) is 38.0 Å². The summed E-state index contributed by atoms with van der Waals surface area (Å²) < 4.78 is 21.1. The van der Waals surface area contributed by atoms with E-state index in [1.165, 1.54) is 12.8 Å². The summed E-state index contributed by atoms with van der Waals surface area (Å²) >= 11 is 0. The molecular formula is C21H38O6. The van der Waals surface area contributed by atoms with Gasteiger partial charge in [-0.2, -0.15) is 0 Å². The zero-order valence-corrected chi connectivity index (χ0v) is 17.8. The van der Waals surface area contributed by atoms with Gasteiger partial charge in [0.1, 0.15) is 17.8 Å². The van der Waals surface area contributed by atoms with Crippen molar-refractivity contribution < 1.29 is 28.5 Å². The molecule has 0 aromatic rings. The molecule has 0 heterocycles. The van der Waals surface area contributed by atoms with Crippen LogP contribution in [0.15, 0.2) is 0 Å². The van der Waals surface area contributed by atoms with E-state index in [1.54, 1.807) is 20.8 Å². The smallest absolute Gasteiger partial charge is 0.434 e. The normalized spacial score (nSPS) is 20.2. The lowest BCUT2D eigenvalue weighted by atomic mass is 9.95. The Labute approximate surface area is 164 Å². The molecule has 0 aliphatic heterocycles. The summed E-state index contributed by atoms with van der Waals surface area (Å²) in [5.41, 5.74) is -0.615. The van der Waals surface area contributed by atoms with Crippen molar-refractivity contribution in [3.8, 4) is 0 Å². The monoisotopic (exact) mass is 386 g/mol. The Hall–Kier alpha value is -1.46. The first kappa shape index (κ1) is 23.6. The number of hydrogen-bond acceptors (Lipinski definition) is 6. The lowest BCUT2D eigenvalue weighted by Gasteiger charge is -2.31. The van der Waals surface area contributed by atoms with Crippen LogP contribution in [0.25, 0.3) is 0 Å². The average molecular weight is 387 g/mol. The standard InChI is InChI=1S/C21H38O6/c1-16(2)12-8-6-7-11-15-24-19(22)25-17-13-9-10-14-18(17)26-20(23)27-21(3,4)5/h16-18H,6-15H2,1-5H3. The number of unbranched alkanes of at least 4 members (excludes halogenated alkanes) is 3. The largest absolute Gasteiger partial charge is 0.509 e. The highest BCUT2D eigenvalue weighted by Crippen LogP contribution is 2.25. The van der Waals surface area contributed by atoms with E-state index in [1.807, 2.05) is 0 Å². The molecule has 6 heteroatoms. The Morgan fingerprint density at radius 1 is 0.889 bits per heavy atom. The van der Waals surface area contributed by atoms with E-state index in [2.05, 4.69) is 13.8 Å². The first-order chi connectivity index (χ1) is 12.7. The molecular weight excluding hydrogens is 348 g/mol. The van der Waals surface area contributed by atoms with Crippen LogP contribution in [-0.4, -0.2) is 36.7 Å². The maximum absolute atomic E-state index is 11.9. The van der Waals surface area contributed by atoms with Crippen LogP contribution in [0.3, 0.4) is 0 Å². The third-order valence-corrected chi connectivity index (χ3v) is 4.42. The molecule has 2 atom stereocenters. The van der Waals surface area contributed by atoms with E-state index in [-0.39, 0.29) is 0 Å².